The Bertz CT molecular complexity index is 873. The van der Waals surface area contributed by atoms with Gasteiger partial charge in [0.15, 0.2) is 5.13 Å². The molecule has 1 N–H and O–H groups in total. The summed E-state index contributed by atoms with van der Waals surface area (Å²) in [6, 6.07) is 11.5. The molecule has 0 aliphatic heterocycles. The molecule has 25 heavy (non-hydrogen) atoms. The van der Waals surface area contributed by atoms with E-state index < -0.39 is 5.82 Å². The minimum absolute atomic E-state index is 0.305. The van der Waals surface area contributed by atoms with Crippen molar-refractivity contribution in [3.63, 3.8) is 0 Å². The first kappa shape index (κ1) is 17.2. The molecule has 1 amide bonds. The Labute approximate surface area is 148 Å². The number of hydrogen-bond acceptors (Lipinski definition) is 3. The predicted molar refractivity (Wildman–Crippen MR) is 95.9 cm³/mol. The maximum absolute atomic E-state index is 13.1. The van der Waals surface area contributed by atoms with Crippen LogP contribution in [0.2, 0.25) is 0 Å². The molecule has 1 aromatic heterocycles. The Morgan fingerprint density at radius 1 is 1.04 bits per heavy atom. The van der Waals surface area contributed by atoms with Gasteiger partial charge in [0.2, 0.25) is 0 Å². The highest BCUT2D eigenvalue weighted by Crippen LogP contribution is 2.32. The van der Waals surface area contributed by atoms with Crippen molar-refractivity contribution in [2.45, 2.75) is 19.8 Å². The van der Waals surface area contributed by atoms with Crippen LogP contribution in [0.15, 0.2) is 48.5 Å². The molecule has 0 spiro atoms. The van der Waals surface area contributed by atoms with Crippen LogP contribution in [0.25, 0.3) is 11.3 Å². The molecule has 0 saturated carbocycles. The summed E-state index contributed by atoms with van der Waals surface area (Å²) in [6.45, 7) is 2.06. The number of anilines is 1. The lowest BCUT2D eigenvalue weighted by molar-refractivity contribution is 0.102. The number of carbonyl (C=O) groups is 1. The van der Waals surface area contributed by atoms with Gasteiger partial charge in [-0.15, -0.1) is 11.3 Å². The van der Waals surface area contributed by atoms with Crippen molar-refractivity contribution in [1.29, 1.82) is 0 Å². The molecule has 0 fully saturated rings. The van der Waals surface area contributed by atoms with E-state index in [0.717, 1.165) is 29.0 Å². The third-order valence-electron chi connectivity index (χ3n) is 3.62. The fraction of sp³-hybridized carbons (Fsp3) is 0.158. The lowest BCUT2D eigenvalue weighted by atomic mass is 10.1. The van der Waals surface area contributed by atoms with E-state index in [-0.39, 0.29) is 11.7 Å². The average molecular weight is 358 g/mol. The summed E-state index contributed by atoms with van der Waals surface area (Å²) < 4.78 is 26.1. The topological polar surface area (TPSA) is 42.0 Å². The van der Waals surface area contributed by atoms with E-state index in [1.165, 1.54) is 47.7 Å². The number of halogens is 2. The molecule has 1 heterocycles. The SMILES string of the molecule is CCCc1sc(NC(=O)c2ccc(F)cc2)nc1-c1ccc(F)cc1. The van der Waals surface area contributed by atoms with Crippen LogP contribution in [0.1, 0.15) is 28.6 Å². The van der Waals surface area contributed by atoms with E-state index in [4.69, 9.17) is 0 Å². The van der Waals surface area contributed by atoms with Gasteiger partial charge in [0.05, 0.1) is 5.69 Å². The van der Waals surface area contributed by atoms with Crippen molar-refractivity contribution in [3.8, 4) is 11.3 Å². The number of amides is 1. The van der Waals surface area contributed by atoms with E-state index in [0.29, 0.717) is 10.7 Å². The number of aromatic nitrogens is 1. The van der Waals surface area contributed by atoms with Crippen LogP contribution in [-0.2, 0) is 6.42 Å². The highest BCUT2D eigenvalue weighted by Gasteiger charge is 2.15. The summed E-state index contributed by atoms with van der Waals surface area (Å²) in [5, 5.41) is 3.22. The van der Waals surface area contributed by atoms with Crippen molar-refractivity contribution in [3.05, 3.63) is 70.6 Å². The smallest absolute Gasteiger partial charge is 0.257 e. The normalized spacial score (nSPS) is 10.7. The van der Waals surface area contributed by atoms with Crippen molar-refractivity contribution in [2.24, 2.45) is 0 Å². The number of nitrogens with one attached hydrogen (secondary N) is 1. The zero-order chi connectivity index (χ0) is 17.8. The van der Waals surface area contributed by atoms with Crippen LogP contribution in [0.5, 0.6) is 0 Å². The molecular weight excluding hydrogens is 342 g/mol. The molecule has 3 rings (SSSR count). The van der Waals surface area contributed by atoms with Gasteiger partial charge < -0.3 is 0 Å². The molecule has 0 bridgehead atoms. The van der Waals surface area contributed by atoms with Gasteiger partial charge in [-0.05, 0) is 55.0 Å². The third kappa shape index (κ3) is 4.09. The quantitative estimate of drug-likeness (QED) is 0.673. The Hall–Kier alpha value is -2.60. The molecule has 0 atom stereocenters. The molecule has 0 radical (unpaired) electrons. The minimum Gasteiger partial charge on any atom is -0.298 e. The maximum atomic E-state index is 13.1. The van der Waals surface area contributed by atoms with E-state index in [1.54, 1.807) is 12.1 Å². The Morgan fingerprint density at radius 2 is 1.64 bits per heavy atom. The zero-order valence-electron chi connectivity index (χ0n) is 13.6. The summed E-state index contributed by atoms with van der Waals surface area (Å²) in [7, 11) is 0. The summed E-state index contributed by atoms with van der Waals surface area (Å²) in [5.74, 6) is -1.04. The Balaban J connectivity index is 1.87. The number of nitrogens with zero attached hydrogens (tertiary/aromatic N) is 1. The van der Waals surface area contributed by atoms with Crippen LogP contribution < -0.4 is 5.32 Å². The number of hydrogen-bond donors (Lipinski definition) is 1. The highest BCUT2D eigenvalue weighted by molar-refractivity contribution is 7.16. The number of carbonyl (C=O) groups excluding carboxylic acids is 1. The number of aryl methyl sites for hydroxylation is 1. The molecular formula is C19H16F2N2OS. The van der Waals surface area contributed by atoms with Crippen LogP contribution >= 0.6 is 11.3 Å². The monoisotopic (exact) mass is 358 g/mol. The van der Waals surface area contributed by atoms with E-state index >= 15 is 0 Å². The molecule has 3 nitrogen and oxygen atoms in total. The number of thiazole rings is 1. The molecule has 0 saturated heterocycles. The predicted octanol–water partition coefficient (Wildman–Crippen LogP) is 5.29. The second-order valence-corrected chi connectivity index (χ2v) is 6.59. The second-order valence-electron chi connectivity index (χ2n) is 5.51. The zero-order valence-corrected chi connectivity index (χ0v) is 14.4. The van der Waals surface area contributed by atoms with Gasteiger partial charge >= 0.3 is 0 Å². The van der Waals surface area contributed by atoms with Gasteiger partial charge in [0, 0.05) is 16.0 Å². The molecule has 0 aliphatic carbocycles. The third-order valence-corrected chi connectivity index (χ3v) is 4.65. The Kier molecular flexibility index (Phi) is 5.19. The number of benzene rings is 2. The minimum atomic E-state index is -0.394. The molecule has 0 aliphatic rings. The summed E-state index contributed by atoms with van der Waals surface area (Å²) in [5.41, 5.74) is 1.92. The fourth-order valence-corrected chi connectivity index (χ4v) is 3.49. The van der Waals surface area contributed by atoms with Gasteiger partial charge in [-0.3, -0.25) is 10.1 Å². The van der Waals surface area contributed by atoms with Crippen molar-refractivity contribution in [1.82, 2.24) is 4.98 Å². The van der Waals surface area contributed by atoms with Gasteiger partial charge in [-0.1, -0.05) is 13.3 Å². The second kappa shape index (κ2) is 7.53. The largest absolute Gasteiger partial charge is 0.298 e. The molecule has 128 valence electrons. The lowest BCUT2D eigenvalue weighted by Gasteiger charge is -2.01. The van der Waals surface area contributed by atoms with Gasteiger partial charge in [0.1, 0.15) is 11.6 Å². The molecule has 6 heteroatoms. The number of rotatable bonds is 5. The van der Waals surface area contributed by atoms with E-state index in [9.17, 15) is 13.6 Å². The first-order valence-electron chi connectivity index (χ1n) is 7.89. The average Bonchev–Trinajstić information content (AvgIpc) is 2.99. The molecule has 0 unspecified atom stereocenters. The molecule has 2 aromatic carbocycles. The van der Waals surface area contributed by atoms with Crippen molar-refractivity contribution in [2.75, 3.05) is 5.32 Å². The van der Waals surface area contributed by atoms with Crippen LogP contribution in [0.3, 0.4) is 0 Å². The van der Waals surface area contributed by atoms with E-state index in [2.05, 4.69) is 17.2 Å². The highest BCUT2D eigenvalue weighted by atomic mass is 32.1. The standard InChI is InChI=1S/C19H16F2N2OS/c1-2-3-16-17(12-4-8-14(20)9-5-12)22-19(25-16)23-18(24)13-6-10-15(21)11-7-13/h4-11H,2-3H2,1H3,(H,22,23,24). The summed E-state index contributed by atoms with van der Waals surface area (Å²) in [4.78, 5) is 17.8. The molecule has 3 aromatic rings. The van der Waals surface area contributed by atoms with Gasteiger partial charge in [0.25, 0.3) is 5.91 Å². The van der Waals surface area contributed by atoms with Crippen molar-refractivity contribution < 1.29 is 13.6 Å². The van der Waals surface area contributed by atoms with Gasteiger partial charge in [-0.2, -0.15) is 0 Å². The first-order valence-corrected chi connectivity index (χ1v) is 8.71. The van der Waals surface area contributed by atoms with Crippen LogP contribution in [0.4, 0.5) is 13.9 Å². The maximum Gasteiger partial charge on any atom is 0.257 e. The van der Waals surface area contributed by atoms with Gasteiger partial charge in [-0.25, -0.2) is 13.8 Å². The lowest BCUT2D eigenvalue weighted by Crippen LogP contribution is -2.11. The summed E-state index contributed by atoms with van der Waals surface area (Å²) >= 11 is 1.40. The van der Waals surface area contributed by atoms with Crippen LogP contribution in [-0.4, -0.2) is 10.9 Å². The Morgan fingerprint density at radius 3 is 2.24 bits per heavy atom. The first-order chi connectivity index (χ1) is 12.1. The van der Waals surface area contributed by atoms with E-state index in [1.807, 2.05) is 0 Å². The summed E-state index contributed by atoms with van der Waals surface area (Å²) in [6.07, 6.45) is 1.75. The van der Waals surface area contributed by atoms with Crippen molar-refractivity contribution >= 4 is 22.4 Å². The van der Waals surface area contributed by atoms with Crippen LogP contribution in [0, 0.1) is 11.6 Å². The fourth-order valence-electron chi connectivity index (χ4n) is 2.41.